The van der Waals surface area contributed by atoms with E-state index < -0.39 is 17.7 Å². The Morgan fingerprint density at radius 3 is 2.29 bits per heavy atom. The van der Waals surface area contributed by atoms with E-state index in [1.54, 1.807) is 32.9 Å². The number of carboxylic acids is 1. The van der Waals surface area contributed by atoms with Crippen molar-refractivity contribution >= 4 is 23.4 Å². The summed E-state index contributed by atoms with van der Waals surface area (Å²) in [6.45, 7) is 7.17. The smallest absolute Gasteiger partial charge is 0.412 e. The Kier molecular flexibility index (Phi) is 5.70. The lowest BCUT2D eigenvalue weighted by Crippen LogP contribution is -2.28. The topological polar surface area (TPSA) is 78.9 Å². The minimum Gasteiger partial charge on any atom is -0.478 e. The van der Waals surface area contributed by atoms with Crippen LogP contribution in [0.15, 0.2) is 18.2 Å². The number of carbonyl (C=O) groups excluding carboxylic acids is 1. The van der Waals surface area contributed by atoms with Gasteiger partial charge in [-0.1, -0.05) is 12.8 Å². The monoisotopic (exact) mass is 334 g/mol. The quantitative estimate of drug-likeness (QED) is 0.869. The minimum atomic E-state index is -1.08. The molecule has 0 aliphatic carbocycles. The van der Waals surface area contributed by atoms with Gasteiger partial charge < -0.3 is 14.7 Å². The van der Waals surface area contributed by atoms with Gasteiger partial charge in [0.05, 0.1) is 11.3 Å². The molecule has 1 aromatic carbocycles. The van der Waals surface area contributed by atoms with E-state index in [1.165, 1.54) is 18.9 Å². The third kappa shape index (κ3) is 5.15. The van der Waals surface area contributed by atoms with Gasteiger partial charge in [-0.3, -0.25) is 5.32 Å². The number of hydrogen-bond acceptors (Lipinski definition) is 4. The average Bonchev–Trinajstić information content (AvgIpc) is 2.73. The summed E-state index contributed by atoms with van der Waals surface area (Å²) >= 11 is 0. The maximum Gasteiger partial charge on any atom is 0.412 e. The van der Waals surface area contributed by atoms with E-state index in [1.807, 2.05) is 0 Å². The Morgan fingerprint density at radius 1 is 1.12 bits per heavy atom. The van der Waals surface area contributed by atoms with Crippen LogP contribution in [0.4, 0.5) is 16.2 Å². The number of anilines is 2. The van der Waals surface area contributed by atoms with Crippen molar-refractivity contribution in [1.29, 1.82) is 0 Å². The molecule has 132 valence electrons. The molecule has 0 unspecified atom stereocenters. The summed E-state index contributed by atoms with van der Waals surface area (Å²) in [5.74, 6) is -1.08. The first-order valence-electron chi connectivity index (χ1n) is 8.38. The number of hydrogen-bond donors (Lipinski definition) is 2. The van der Waals surface area contributed by atoms with Crippen LogP contribution in [0.3, 0.4) is 0 Å². The van der Waals surface area contributed by atoms with Crippen molar-refractivity contribution in [3.8, 4) is 0 Å². The number of carboxylic acid groups (broad SMARTS) is 1. The van der Waals surface area contributed by atoms with Gasteiger partial charge in [-0.15, -0.1) is 0 Å². The molecule has 2 N–H and O–H groups in total. The Hall–Kier alpha value is -2.24. The molecule has 0 bridgehead atoms. The number of ether oxygens (including phenoxy) is 1. The molecule has 1 amide bonds. The van der Waals surface area contributed by atoms with Gasteiger partial charge in [0, 0.05) is 18.8 Å². The first-order chi connectivity index (χ1) is 11.3. The van der Waals surface area contributed by atoms with Crippen LogP contribution in [-0.4, -0.2) is 35.9 Å². The standard InChI is InChI=1S/C18H26N2O4/c1-18(2,3)24-17(23)19-15-12-13(8-9-14(15)16(21)22)20-10-6-4-5-7-11-20/h8-9,12H,4-7,10-11H2,1-3H3,(H,19,23)(H,21,22). The molecule has 1 aliphatic rings. The summed E-state index contributed by atoms with van der Waals surface area (Å²) in [5, 5.41) is 11.9. The number of aromatic carboxylic acids is 1. The van der Waals surface area contributed by atoms with Crippen molar-refractivity contribution < 1.29 is 19.4 Å². The van der Waals surface area contributed by atoms with E-state index in [9.17, 15) is 14.7 Å². The fourth-order valence-electron chi connectivity index (χ4n) is 2.76. The van der Waals surface area contributed by atoms with Gasteiger partial charge in [-0.2, -0.15) is 0 Å². The Labute approximate surface area is 142 Å². The highest BCUT2D eigenvalue weighted by molar-refractivity contribution is 5.99. The molecule has 6 nitrogen and oxygen atoms in total. The molecule has 0 spiro atoms. The Bertz CT molecular complexity index is 600. The molecule has 0 radical (unpaired) electrons. The van der Waals surface area contributed by atoms with Gasteiger partial charge in [-0.25, -0.2) is 9.59 Å². The van der Waals surface area contributed by atoms with Gasteiger partial charge in [0.25, 0.3) is 0 Å². The van der Waals surface area contributed by atoms with Crippen LogP contribution in [0.1, 0.15) is 56.8 Å². The predicted molar refractivity (Wildman–Crippen MR) is 93.9 cm³/mol. The molecular formula is C18H26N2O4. The normalized spacial score (nSPS) is 15.5. The number of amides is 1. The third-order valence-electron chi connectivity index (χ3n) is 3.84. The zero-order valence-electron chi connectivity index (χ0n) is 14.6. The van der Waals surface area contributed by atoms with Crippen molar-refractivity contribution in [2.75, 3.05) is 23.3 Å². The summed E-state index contributed by atoms with van der Waals surface area (Å²) < 4.78 is 5.23. The minimum absolute atomic E-state index is 0.0550. The van der Waals surface area contributed by atoms with Crippen LogP contribution in [0.25, 0.3) is 0 Å². The zero-order valence-corrected chi connectivity index (χ0v) is 14.6. The lowest BCUT2D eigenvalue weighted by Gasteiger charge is -2.24. The molecule has 24 heavy (non-hydrogen) atoms. The van der Waals surface area contributed by atoms with Crippen molar-refractivity contribution in [1.82, 2.24) is 0 Å². The molecular weight excluding hydrogens is 308 g/mol. The second kappa shape index (κ2) is 7.55. The Balaban J connectivity index is 2.24. The molecule has 0 saturated carbocycles. The van der Waals surface area contributed by atoms with E-state index in [4.69, 9.17) is 4.74 Å². The first-order valence-corrected chi connectivity index (χ1v) is 8.38. The van der Waals surface area contributed by atoms with Gasteiger partial charge in [0.2, 0.25) is 0 Å². The fraction of sp³-hybridized carbons (Fsp3) is 0.556. The number of benzene rings is 1. The lowest BCUT2D eigenvalue weighted by atomic mass is 10.1. The first kappa shape index (κ1) is 18.1. The van der Waals surface area contributed by atoms with E-state index in [0.717, 1.165) is 31.6 Å². The average molecular weight is 334 g/mol. The predicted octanol–water partition coefficient (Wildman–Crippen LogP) is 4.11. The van der Waals surface area contributed by atoms with Crippen molar-refractivity contribution in [2.24, 2.45) is 0 Å². The van der Waals surface area contributed by atoms with Crippen LogP contribution >= 0.6 is 0 Å². The van der Waals surface area contributed by atoms with Crippen molar-refractivity contribution in [3.05, 3.63) is 23.8 Å². The van der Waals surface area contributed by atoms with Crippen LogP contribution in [-0.2, 0) is 4.74 Å². The van der Waals surface area contributed by atoms with E-state index >= 15 is 0 Å². The molecule has 1 heterocycles. The molecule has 1 saturated heterocycles. The molecule has 0 atom stereocenters. The van der Waals surface area contributed by atoms with Crippen molar-refractivity contribution in [3.63, 3.8) is 0 Å². The largest absolute Gasteiger partial charge is 0.478 e. The summed E-state index contributed by atoms with van der Waals surface area (Å²) in [4.78, 5) is 25.7. The summed E-state index contributed by atoms with van der Waals surface area (Å²) in [5.41, 5.74) is 0.599. The summed E-state index contributed by atoms with van der Waals surface area (Å²) in [7, 11) is 0. The summed E-state index contributed by atoms with van der Waals surface area (Å²) in [6.07, 6.45) is 4.02. The highest BCUT2D eigenvalue weighted by atomic mass is 16.6. The number of nitrogens with one attached hydrogen (secondary N) is 1. The second-order valence-corrected chi connectivity index (χ2v) is 7.06. The van der Waals surface area contributed by atoms with Gasteiger partial charge in [0.15, 0.2) is 0 Å². The number of nitrogens with zero attached hydrogens (tertiary/aromatic N) is 1. The second-order valence-electron chi connectivity index (χ2n) is 7.06. The molecule has 1 aromatic rings. The lowest BCUT2D eigenvalue weighted by molar-refractivity contribution is 0.0636. The summed E-state index contributed by atoms with van der Waals surface area (Å²) in [6, 6.07) is 5.06. The molecule has 6 heteroatoms. The van der Waals surface area contributed by atoms with Crippen LogP contribution in [0, 0.1) is 0 Å². The van der Waals surface area contributed by atoms with E-state index in [2.05, 4.69) is 10.2 Å². The zero-order chi connectivity index (χ0) is 17.7. The van der Waals surface area contributed by atoms with Crippen LogP contribution < -0.4 is 10.2 Å². The van der Waals surface area contributed by atoms with Gasteiger partial charge in [-0.05, 0) is 51.8 Å². The van der Waals surface area contributed by atoms with E-state index in [0.29, 0.717) is 0 Å². The highest BCUT2D eigenvalue weighted by Gasteiger charge is 2.20. The highest BCUT2D eigenvalue weighted by Crippen LogP contribution is 2.26. The van der Waals surface area contributed by atoms with E-state index in [-0.39, 0.29) is 11.3 Å². The number of carbonyl (C=O) groups is 2. The van der Waals surface area contributed by atoms with Crippen molar-refractivity contribution in [2.45, 2.75) is 52.1 Å². The SMILES string of the molecule is CC(C)(C)OC(=O)Nc1cc(N2CCCCCC2)ccc1C(=O)O. The molecule has 2 rings (SSSR count). The molecule has 1 aliphatic heterocycles. The maximum absolute atomic E-state index is 12.0. The number of rotatable bonds is 3. The fourth-order valence-corrected chi connectivity index (χ4v) is 2.76. The molecule has 0 aromatic heterocycles. The molecule has 1 fully saturated rings. The Morgan fingerprint density at radius 2 is 1.75 bits per heavy atom. The van der Waals surface area contributed by atoms with Gasteiger partial charge >= 0.3 is 12.1 Å². The van der Waals surface area contributed by atoms with Crippen LogP contribution in [0.5, 0.6) is 0 Å². The third-order valence-corrected chi connectivity index (χ3v) is 3.84. The van der Waals surface area contributed by atoms with Crippen LogP contribution in [0.2, 0.25) is 0 Å². The van der Waals surface area contributed by atoms with Gasteiger partial charge in [0.1, 0.15) is 5.60 Å². The maximum atomic E-state index is 12.0.